The van der Waals surface area contributed by atoms with Crippen molar-refractivity contribution < 1.29 is 4.74 Å². The normalized spacial score (nSPS) is 10.0. The van der Waals surface area contributed by atoms with Gasteiger partial charge in [-0.25, -0.2) is 0 Å². The molecule has 2 N–H and O–H groups in total. The van der Waals surface area contributed by atoms with Crippen LogP contribution in [0.15, 0.2) is 46.9 Å². The van der Waals surface area contributed by atoms with Gasteiger partial charge in [-0.2, -0.15) is 0 Å². The summed E-state index contributed by atoms with van der Waals surface area (Å²) in [7, 11) is 0. The van der Waals surface area contributed by atoms with E-state index in [9.17, 15) is 0 Å². The molecule has 0 spiro atoms. The molecule has 0 saturated heterocycles. The van der Waals surface area contributed by atoms with E-state index >= 15 is 0 Å². The first-order chi connectivity index (χ1) is 10.1. The zero-order valence-electron chi connectivity index (χ0n) is 11.9. The molecular weight excluding hydrogens is 348 g/mol. The number of hydrogen-bond donors (Lipinski definition) is 2. The molecular formula is C16H17BrN2OS. The number of nitrogens with one attached hydrogen (secondary N) is 2. The second kappa shape index (κ2) is 7.43. The predicted molar refractivity (Wildman–Crippen MR) is 96.3 cm³/mol. The monoisotopic (exact) mass is 364 g/mol. The van der Waals surface area contributed by atoms with E-state index < -0.39 is 0 Å². The van der Waals surface area contributed by atoms with Crippen LogP contribution < -0.4 is 15.4 Å². The van der Waals surface area contributed by atoms with Crippen LogP contribution in [-0.2, 0) is 0 Å². The summed E-state index contributed by atoms with van der Waals surface area (Å²) in [6, 6.07) is 13.7. The molecule has 5 heteroatoms. The fourth-order valence-electron chi connectivity index (χ4n) is 1.85. The maximum absolute atomic E-state index is 5.41. The van der Waals surface area contributed by atoms with E-state index in [4.69, 9.17) is 17.0 Å². The molecule has 0 aliphatic heterocycles. The summed E-state index contributed by atoms with van der Waals surface area (Å²) in [5, 5.41) is 6.91. The van der Waals surface area contributed by atoms with E-state index in [0.717, 1.165) is 27.2 Å². The summed E-state index contributed by atoms with van der Waals surface area (Å²) in [6.07, 6.45) is 0. The summed E-state index contributed by atoms with van der Waals surface area (Å²) in [4.78, 5) is 0. The van der Waals surface area contributed by atoms with E-state index in [1.807, 2.05) is 56.3 Å². The Morgan fingerprint density at radius 1 is 1.14 bits per heavy atom. The van der Waals surface area contributed by atoms with Crippen molar-refractivity contribution in [2.45, 2.75) is 13.8 Å². The molecule has 21 heavy (non-hydrogen) atoms. The maximum Gasteiger partial charge on any atom is 0.175 e. The Morgan fingerprint density at radius 2 is 1.86 bits per heavy atom. The van der Waals surface area contributed by atoms with Crippen molar-refractivity contribution in [2.75, 3.05) is 17.2 Å². The Hall–Kier alpha value is -1.59. The smallest absolute Gasteiger partial charge is 0.175 e. The van der Waals surface area contributed by atoms with Gasteiger partial charge in [-0.1, -0.05) is 15.9 Å². The summed E-state index contributed by atoms with van der Waals surface area (Å²) in [6.45, 7) is 4.66. The highest BCUT2D eigenvalue weighted by atomic mass is 79.9. The van der Waals surface area contributed by atoms with Crippen molar-refractivity contribution in [1.29, 1.82) is 0 Å². The zero-order valence-corrected chi connectivity index (χ0v) is 14.3. The van der Waals surface area contributed by atoms with Crippen LogP contribution in [0.25, 0.3) is 0 Å². The Morgan fingerprint density at radius 3 is 2.48 bits per heavy atom. The standard InChI is InChI=1S/C16H17BrN2OS/c1-3-20-14-7-5-13(6-8-14)18-16(21)19-15-9-4-12(17)10-11(15)2/h4-10H,3H2,1-2H3,(H2,18,19,21). The minimum atomic E-state index is 0.560. The average molecular weight is 365 g/mol. The fraction of sp³-hybridized carbons (Fsp3) is 0.188. The molecule has 0 unspecified atom stereocenters. The van der Waals surface area contributed by atoms with Gasteiger partial charge in [0.15, 0.2) is 5.11 Å². The van der Waals surface area contributed by atoms with Gasteiger partial charge in [0, 0.05) is 15.8 Å². The first-order valence-electron chi connectivity index (χ1n) is 6.65. The molecule has 2 aromatic carbocycles. The van der Waals surface area contributed by atoms with Crippen LogP contribution in [0.4, 0.5) is 11.4 Å². The number of hydrogen-bond acceptors (Lipinski definition) is 2. The van der Waals surface area contributed by atoms with Crippen molar-refractivity contribution in [3.05, 3.63) is 52.5 Å². The van der Waals surface area contributed by atoms with E-state index in [-0.39, 0.29) is 0 Å². The zero-order chi connectivity index (χ0) is 15.2. The average Bonchev–Trinajstić information content (AvgIpc) is 2.44. The van der Waals surface area contributed by atoms with E-state index in [1.54, 1.807) is 0 Å². The summed E-state index contributed by atoms with van der Waals surface area (Å²) in [5.41, 5.74) is 3.03. The van der Waals surface area contributed by atoms with Gasteiger partial charge < -0.3 is 15.4 Å². The molecule has 2 rings (SSSR count). The number of ether oxygens (including phenoxy) is 1. The van der Waals surface area contributed by atoms with Gasteiger partial charge >= 0.3 is 0 Å². The van der Waals surface area contributed by atoms with Crippen LogP contribution in [-0.4, -0.2) is 11.7 Å². The van der Waals surface area contributed by atoms with Crippen molar-refractivity contribution in [1.82, 2.24) is 0 Å². The largest absolute Gasteiger partial charge is 0.494 e. The number of rotatable bonds is 4. The van der Waals surface area contributed by atoms with E-state index in [1.165, 1.54) is 0 Å². The minimum absolute atomic E-state index is 0.560. The molecule has 110 valence electrons. The summed E-state index contributed by atoms with van der Waals surface area (Å²) in [5.74, 6) is 0.852. The van der Waals surface area contributed by atoms with E-state index in [2.05, 4.69) is 26.6 Å². The Balaban J connectivity index is 1.98. The topological polar surface area (TPSA) is 33.3 Å². The molecule has 0 bridgehead atoms. The number of thiocarbonyl (C=S) groups is 1. The quantitative estimate of drug-likeness (QED) is 0.750. The molecule has 3 nitrogen and oxygen atoms in total. The van der Waals surface area contributed by atoms with Crippen LogP contribution in [0.1, 0.15) is 12.5 Å². The third-order valence-electron chi connectivity index (χ3n) is 2.86. The van der Waals surface area contributed by atoms with Gasteiger partial charge in [-0.15, -0.1) is 0 Å². The van der Waals surface area contributed by atoms with Gasteiger partial charge in [0.2, 0.25) is 0 Å². The second-order valence-corrected chi connectivity index (χ2v) is 5.82. The lowest BCUT2D eigenvalue weighted by Gasteiger charge is -2.13. The molecule has 0 atom stereocenters. The lowest BCUT2D eigenvalue weighted by molar-refractivity contribution is 0.340. The molecule has 0 fully saturated rings. The number of halogens is 1. The molecule has 0 radical (unpaired) electrons. The highest BCUT2D eigenvalue weighted by Crippen LogP contribution is 2.21. The van der Waals surface area contributed by atoms with Gasteiger partial charge in [0.1, 0.15) is 5.75 Å². The number of benzene rings is 2. The van der Waals surface area contributed by atoms with Crippen LogP contribution in [0.3, 0.4) is 0 Å². The van der Waals surface area contributed by atoms with Gasteiger partial charge in [-0.05, 0) is 74.1 Å². The SMILES string of the molecule is CCOc1ccc(NC(=S)Nc2ccc(Br)cc2C)cc1. The summed E-state index contributed by atoms with van der Waals surface area (Å²) >= 11 is 8.78. The third-order valence-corrected chi connectivity index (χ3v) is 3.56. The number of aryl methyl sites for hydroxylation is 1. The Labute approximate surface area is 138 Å². The summed E-state index contributed by atoms with van der Waals surface area (Å²) < 4.78 is 6.46. The lowest BCUT2D eigenvalue weighted by atomic mass is 10.2. The molecule has 0 amide bonds. The molecule has 0 saturated carbocycles. The van der Waals surface area contributed by atoms with Crippen molar-refractivity contribution in [2.24, 2.45) is 0 Å². The van der Waals surface area contributed by atoms with Crippen LogP contribution in [0, 0.1) is 6.92 Å². The van der Waals surface area contributed by atoms with Gasteiger partial charge in [0.05, 0.1) is 6.61 Å². The fourth-order valence-corrected chi connectivity index (χ4v) is 2.56. The molecule has 0 aliphatic rings. The number of anilines is 2. The molecule has 0 aromatic heterocycles. The Bertz CT molecular complexity index is 629. The second-order valence-electron chi connectivity index (χ2n) is 4.50. The van der Waals surface area contributed by atoms with Crippen molar-refractivity contribution in [3.8, 4) is 5.75 Å². The highest BCUT2D eigenvalue weighted by molar-refractivity contribution is 9.10. The lowest BCUT2D eigenvalue weighted by Crippen LogP contribution is -2.19. The van der Waals surface area contributed by atoms with Crippen LogP contribution in [0.5, 0.6) is 5.75 Å². The third kappa shape index (κ3) is 4.72. The van der Waals surface area contributed by atoms with Gasteiger partial charge in [0.25, 0.3) is 0 Å². The van der Waals surface area contributed by atoms with Crippen molar-refractivity contribution >= 4 is 44.6 Å². The molecule has 0 heterocycles. The van der Waals surface area contributed by atoms with Crippen LogP contribution in [0.2, 0.25) is 0 Å². The first kappa shape index (κ1) is 15.8. The maximum atomic E-state index is 5.41. The minimum Gasteiger partial charge on any atom is -0.494 e. The molecule has 0 aliphatic carbocycles. The predicted octanol–water partition coefficient (Wildman–Crippen LogP) is 4.97. The van der Waals surface area contributed by atoms with Crippen LogP contribution >= 0.6 is 28.1 Å². The highest BCUT2D eigenvalue weighted by Gasteiger charge is 2.03. The Kier molecular flexibility index (Phi) is 5.59. The first-order valence-corrected chi connectivity index (χ1v) is 7.85. The van der Waals surface area contributed by atoms with E-state index in [0.29, 0.717) is 11.7 Å². The van der Waals surface area contributed by atoms with Gasteiger partial charge in [-0.3, -0.25) is 0 Å². The molecule has 2 aromatic rings. The van der Waals surface area contributed by atoms with Crippen molar-refractivity contribution in [3.63, 3.8) is 0 Å².